The minimum absolute atomic E-state index is 0.125. The minimum Gasteiger partial charge on any atom is -0.462 e. The Morgan fingerprint density at radius 1 is 1.20 bits per heavy atom. The van der Waals surface area contributed by atoms with Gasteiger partial charge in [-0.2, -0.15) is 0 Å². The van der Waals surface area contributed by atoms with Crippen LogP contribution in [0.5, 0.6) is 0 Å². The van der Waals surface area contributed by atoms with E-state index in [1.165, 1.54) is 11.8 Å². The lowest BCUT2D eigenvalue weighted by molar-refractivity contribution is -0.146. The Kier molecular flexibility index (Phi) is 5.76. The number of esters is 1. The van der Waals surface area contributed by atoms with E-state index < -0.39 is 0 Å². The Morgan fingerprint density at radius 2 is 1.92 bits per heavy atom. The van der Waals surface area contributed by atoms with Gasteiger partial charge in [0.15, 0.2) is 0 Å². The maximum atomic E-state index is 12.1. The summed E-state index contributed by atoms with van der Waals surface area (Å²) in [4.78, 5) is 21.9. The van der Waals surface area contributed by atoms with E-state index in [-0.39, 0.29) is 17.3 Å². The van der Waals surface area contributed by atoms with Crippen molar-refractivity contribution in [3.8, 4) is 11.1 Å². The Balaban J connectivity index is 1.97. The number of halogens is 1. The fraction of sp³-hybridized carbons (Fsp3) is 0.278. The second kappa shape index (κ2) is 7.85. The van der Waals surface area contributed by atoms with Crippen LogP contribution in [0, 0.1) is 0 Å². The van der Waals surface area contributed by atoms with E-state index in [0.29, 0.717) is 0 Å². The number of benzene rings is 1. The maximum absolute atomic E-state index is 12.1. The monoisotopic (exact) mass is 436 g/mol. The van der Waals surface area contributed by atoms with Crippen molar-refractivity contribution in [3.05, 3.63) is 40.4 Å². The third-order valence-electron chi connectivity index (χ3n) is 3.46. The predicted molar refractivity (Wildman–Crippen MR) is 107 cm³/mol. The standard InChI is InChI=1S/C18H17BrN2O2S2/c1-10(2)23-18(22)11(3)25-17-15-14(8-24-16(15)20-9-21-17)12-4-6-13(19)7-5-12/h4-11H,1-3H3. The van der Waals surface area contributed by atoms with Crippen LogP contribution in [0.4, 0.5) is 0 Å². The van der Waals surface area contributed by atoms with Crippen LogP contribution in [0.25, 0.3) is 21.3 Å². The molecule has 2 aromatic heterocycles. The van der Waals surface area contributed by atoms with E-state index in [4.69, 9.17) is 4.74 Å². The molecule has 0 fully saturated rings. The summed E-state index contributed by atoms with van der Waals surface area (Å²) in [5, 5.41) is 3.54. The van der Waals surface area contributed by atoms with Gasteiger partial charge in [0.1, 0.15) is 21.4 Å². The maximum Gasteiger partial charge on any atom is 0.319 e. The number of hydrogen-bond acceptors (Lipinski definition) is 6. The van der Waals surface area contributed by atoms with Gasteiger partial charge < -0.3 is 4.74 Å². The van der Waals surface area contributed by atoms with E-state index in [9.17, 15) is 4.79 Å². The fourth-order valence-corrected chi connectivity index (χ4v) is 4.49. The summed E-state index contributed by atoms with van der Waals surface area (Å²) in [6, 6.07) is 8.14. The van der Waals surface area contributed by atoms with Crippen LogP contribution in [-0.4, -0.2) is 27.3 Å². The van der Waals surface area contributed by atoms with Crippen LogP contribution in [0.2, 0.25) is 0 Å². The Labute approximate surface area is 163 Å². The molecule has 0 amide bonds. The first kappa shape index (κ1) is 18.4. The molecule has 0 radical (unpaired) electrons. The van der Waals surface area contributed by atoms with Crippen molar-refractivity contribution in [3.63, 3.8) is 0 Å². The van der Waals surface area contributed by atoms with Gasteiger partial charge in [0.25, 0.3) is 0 Å². The van der Waals surface area contributed by atoms with Gasteiger partial charge in [-0.15, -0.1) is 11.3 Å². The van der Waals surface area contributed by atoms with Gasteiger partial charge in [-0.05, 0) is 38.5 Å². The molecule has 4 nitrogen and oxygen atoms in total. The van der Waals surface area contributed by atoms with E-state index >= 15 is 0 Å². The first-order chi connectivity index (χ1) is 12.0. The highest BCUT2D eigenvalue weighted by atomic mass is 79.9. The number of thiophene rings is 1. The second-order valence-electron chi connectivity index (χ2n) is 5.76. The molecule has 25 heavy (non-hydrogen) atoms. The molecule has 2 heterocycles. The number of carbonyl (C=O) groups excluding carboxylic acids is 1. The number of nitrogens with zero attached hydrogens (tertiary/aromatic N) is 2. The molecule has 0 bridgehead atoms. The van der Waals surface area contributed by atoms with Gasteiger partial charge >= 0.3 is 5.97 Å². The topological polar surface area (TPSA) is 52.1 Å². The van der Waals surface area contributed by atoms with Crippen molar-refractivity contribution >= 4 is 55.2 Å². The van der Waals surface area contributed by atoms with Gasteiger partial charge in [-0.3, -0.25) is 4.79 Å². The highest BCUT2D eigenvalue weighted by Crippen LogP contribution is 2.39. The Hall–Kier alpha value is -1.44. The molecule has 0 saturated carbocycles. The lowest BCUT2D eigenvalue weighted by Crippen LogP contribution is -2.20. The molecule has 130 valence electrons. The van der Waals surface area contributed by atoms with Crippen LogP contribution < -0.4 is 0 Å². The summed E-state index contributed by atoms with van der Waals surface area (Å²) < 4.78 is 6.33. The van der Waals surface area contributed by atoms with Gasteiger partial charge in [0, 0.05) is 15.4 Å². The molecule has 0 spiro atoms. The van der Waals surface area contributed by atoms with E-state index in [0.717, 1.165) is 30.8 Å². The van der Waals surface area contributed by atoms with E-state index in [1.54, 1.807) is 17.7 Å². The fourth-order valence-electron chi connectivity index (χ4n) is 2.32. The lowest BCUT2D eigenvalue weighted by Gasteiger charge is -2.13. The van der Waals surface area contributed by atoms with Crippen molar-refractivity contribution < 1.29 is 9.53 Å². The van der Waals surface area contributed by atoms with Crippen LogP contribution in [0.1, 0.15) is 20.8 Å². The average molecular weight is 437 g/mol. The third-order valence-corrected chi connectivity index (χ3v) is 5.96. The van der Waals surface area contributed by atoms with Crippen LogP contribution in [0.3, 0.4) is 0 Å². The van der Waals surface area contributed by atoms with Crippen molar-refractivity contribution in [2.45, 2.75) is 37.2 Å². The number of aromatic nitrogens is 2. The molecule has 0 aliphatic carbocycles. The molecule has 0 saturated heterocycles. The molecule has 7 heteroatoms. The van der Waals surface area contributed by atoms with Crippen molar-refractivity contribution in [2.75, 3.05) is 0 Å². The molecule has 0 N–H and O–H groups in total. The third kappa shape index (κ3) is 4.22. The summed E-state index contributed by atoms with van der Waals surface area (Å²) >= 11 is 6.46. The quantitative estimate of drug-likeness (QED) is 0.298. The zero-order chi connectivity index (χ0) is 18.0. The van der Waals surface area contributed by atoms with E-state index in [2.05, 4.69) is 43.4 Å². The van der Waals surface area contributed by atoms with Crippen molar-refractivity contribution in [1.82, 2.24) is 9.97 Å². The number of thioether (sulfide) groups is 1. The highest BCUT2D eigenvalue weighted by molar-refractivity contribution is 9.10. The average Bonchev–Trinajstić information content (AvgIpc) is 3.00. The smallest absolute Gasteiger partial charge is 0.319 e. The zero-order valence-corrected chi connectivity index (χ0v) is 17.2. The number of hydrogen-bond donors (Lipinski definition) is 0. The Bertz CT molecular complexity index is 894. The second-order valence-corrected chi connectivity index (χ2v) is 8.86. The number of fused-ring (bicyclic) bond motifs is 1. The molecule has 1 atom stereocenters. The number of carbonyl (C=O) groups is 1. The van der Waals surface area contributed by atoms with Crippen LogP contribution in [-0.2, 0) is 9.53 Å². The molecular formula is C18H17BrN2O2S2. The van der Waals surface area contributed by atoms with Gasteiger partial charge in [-0.1, -0.05) is 39.8 Å². The summed E-state index contributed by atoms with van der Waals surface area (Å²) in [5.41, 5.74) is 2.18. The first-order valence-corrected chi connectivity index (χ1v) is 10.4. The molecule has 1 unspecified atom stereocenters. The molecule has 0 aliphatic rings. The first-order valence-electron chi connectivity index (χ1n) is 7.81. The van der Waals surface area contributed by atoms with Crippen LogP contribution >= 0.6 is 39.0 Å². The lowest BCUT2D eigenvalue weighted by atomic mass is 10.1. The summed E-state index contributed by atoms with van der Waals surface area (Å²) in [5.74, 6) is -0.229. The zero-order valence-electron chi connectivity index (χ0n) is 14.0. The molecule has 0 aliphatic heterocycles. The molecule has 3 rings (SSSR count). The predicted octanol–water partition coefficient (Wildman–Crippen LogP) is 5.55. The highest BCUT2D eigenvalue weighted by Gasteiger charge is 2.21. The summed E-state index contributed by atoms with van der Waals surface area (Å²) in [6.45, 7) is 5.54. The van der Waals surface area contributed by atoms with Gasteiger partial charge in [0.05, 0.1) is 11.5 Å². The van der Waals surface area contributed by atoms with E-state index in [1.807, 2.05) is 32.9 Å². The largest absolute Gasteiger partial charge is 0.462 e. The minimum atomic E-state index is -0.335. The number of rotatable bonds is 5. The van der Waals surface area contributed by atoms with Crippen molar-refractivity contribution in [2.24, 2.45) is 0 Å². The summed E-state index contributed by atoms with van der Waals surface area (Å²) in [7, 11) is 0. The van der Waals surface area contributed by atoms with Crippen LogP contribution in [0.15, 0.2) is 45.5 Å². The Morgan fingerprint density at radius 3 is 2.60 bits per heavy atom. The molecular weight excluding hydrogens is 420 g/mol. The summed E-state index contributed by atoms with van der Waals surface area (Å²) in [6.07, 6.45) is 1.42. The van der Waals surface area contributed by atoms with Crippen molar-refractivity contribution in [1.29, 1.82) is 0 Å². The normalized spacial score (nSPS) is 12.5. The van der Waals surface area contributed by atoms with Gasteiger partial charge in [0.2, 0.25) is 0 Å². The molecule has 3 aromatic rings. The number of ether oxygens (including phenoxy) is 1. The molecule has 1 aromatic carbocycles. The van der Waals surface area contributed by atoms with Gasteiger partial charge in [-0.25, -0.2) is 9.97 Å². The SMILES string of the molecule is CC(C)OC(=O)C(C)Sc1ncnc2scc(-c3ccc(Br)cc3)c12.